The van der Waals surface area contributed by atoms with Crippen LogP contribution >= 0.6 is 0 Å². The van der Waals surface area contributed by atoms with Crippen molar-refractivity contribution in [3.05, 3.63) is 0 Å². The number of ether oxygens (including phenoxy) is 2. The molecule has 0 saturated carbocycles. The maximum atomic E-state index is 5.23. The Morgan fingerprint density at radius 2 is 1.37 bits per heavy atom. The lowest BCUT2D eigenvalue weighted by Gasteiger charge is -2.35. The molecule has 0 bridgehead atoms. The molecular formula is C13H28N2O4. The highest BCUT2D eigenvalue weighted by molar-refractivity contribution is 4.68. The maximum absolute atomic E-state index is 5.23. The molecule has 6 heteroatoms. The van der Waals surface area contributed by atoms with Gasteiger partial charge in [0.2, 0.25) is 0 Å². The minimum atomic E-state index is 0.382. The molecule has 6 nitrogen and oxygen atoms in total. The van der Waals surface area contributed by atoms with Crippen molar-refractivity contribution in [1.29, 1.82) is 0 Å². The summed E-state index contributed by atoms with van der Waals surface area (Å²) < 4.78 is 9.49. The zero-order valence-electron chi connectivity index (χ0n) is 12.6. The molecule has 0 spiro atoms. The van der Waals surface area contributed by atoms with Gasteiger partial charge in [-0.15, -0.1) is 0 Å². The Bertz CT molecular complexity index is 225. The van der Waals surface area contributed by atoms with Crippen molar-refractivity contribution >= 4 is 0 Å². The van der Waals surface area contributed by atoms with E-state index in [-0.39, 0.29) is 0 Å². The number of hydroxylamine groups is 4. The van der Waals surface area contributed by atoms with Gasteiger partial charge in [0.15, 0.2) is 13.6 Å². The second-order valence-electron chi connectivity index (χ2n) is 5.31. The fourth-order valence-corrected chi connectivity index (χ4v) is 2.01. The average molecular weight is 276 g/mol. The second-order valence-corrected chi connectivity index (χ2v) is 5.31. The molecule has 0 aromatic carbocycles. The maximum Gasteiger partial charge on any atom is 0.166 e. The van der Waals surface area contributed by atoms with Crippen molar-refractivity contribution in [2.45, 2.75) is 20.3 Å². The normalized spacial score (nSPS) is 24.9. The number of hydrogen-bond acceptors (Lipinski definition) is 6. The Kier molecular flexibility index (Phi) is 8.52. The predicted octanol–water partition coefficient (Wildman–Crippen LogP) is 1.34. The summed E-state index contributed by atoms with van der Waals surface area (Å²) in [4.78, 5) is 10.3. The molecule has 0 N–H and O–H groups in total. The van der Waals surface area contributed by atoms with E-state index in [4.69, 9.17) is 19.1 Å². The molecule has 2 aliphatic heterocycles. The molecule has 0 radical (unpaired) electrons. The molecule has 1 unspecified atom stereocenters. The SMILES string of the molecule is COCON1CC(C)C1.COCON1CCC(C)C1. The van der Waals surface area contributed by atoms with Crippen molar-refractivity contribution in [3.63, 3.8) is 0 Å². The van der Waals surface area contributed by atoms with E-state index in [1.165, 1.54) is 6.42 Å². The number of rotatable bonds is 6. The Labute approximate surface area is 116 Å². The molecule has 2 rings (SSSR count). The molecule has 19 heavy (non-hydrogen) atoms. The molecule has 0 aromatic heterocycles. The summed E-state index contributed by atoms with van der Waals surface area (Å²) in [7, 11) is 3.27. The van der Waals surface area contributed by atoms with E-state index in [2.05, 4.69) is 13.8 Å². The molecular weight excluding hydrogens is 248 g/mol. The summed E-state index contributed by atoms with van der Waals surface area (Å²) in [6, 6.07) is 0. The lowest BCUT2D eigenvalue weighted by Crippen LogP contribution is -2.45. The monoisotopic (exact) mass is 276 g/mol. The zero-order valence-corrected chi connectivity index (χ0v) is 12.6. The third kappa shape index (κ3) is 7.20. The first-order chi connectivity index (χ1) is 9.15. The first-order valence-corrected chi connectivity index (χ1v) is 6.89. The second kappa shape index (κ2) is 9.63. The van der Waals surface area contributed by atoms with E-state index in [1.54, 1.807) is 14.2 Å². The van der Waals surface area contributed by atoms with Gasteiger partial charge in [-0.05, 0) is 18.3 Å². The molecule has 0 aromatic rings. The summed E-state index contributed by atoms with van der Waals surface area (Å²) >= 11 is 0. The van der Waals surface area contributed by atoms with E-state index in [0.29, 0.717) is 13.6 Å². The van der Waals surface area contributed by atoms with Gasteiger partial charge in [0.05, 0.1) is 0 Å². The average Bonchev–Trinajstić information content (AvgIpc) is 2.77. The van der Waals surface area contributed by atoms with Crippen LogP contribution in [-0.4, -0.2) is 64.1 Å². The van der Waals surface area contributed by atoms with Crippen LogP contribution in [-0.2, 0) is 19.1 Å². The van der Waals surface area contributed by atoms with Crippen molar-refractivity contribution in [2.24, 2.45) is 11.8 Å². The van der Waals surface area contributed by atoms with Gasteiger partial charge in [-0.1, -0.05) is 13.8 Å². The number of hydrogen-bond donors (Lipinski definition) is 0. The molecule has 2 heterocycles. The smallest absolute Gasteiger partial charge is 0.166 e. The van der Waals surface area contributed by atoms with Crippen LogP contribution in [0, 0.1) is 11.8 Å². The van der Waals surface area contributed by atoms with Gasteiger partial charge in [0.25, 0.3) is 0 Å². The van der Waals surface area contributed by atoms with Crippen LogP contribution in [0.4, 0.5) is 0 Å². The van der Waals surface area contributed by atoms with E-state index in [9.17, 15) is 0 Å². The summed E-state index contributed by atoms with van der Waals surface area (Å²) in [6.07, 6.45) is 1.24. The van der Waals surface area contributed by atoms with Crippen molar-refractivity contribution in [3.8, 4) is 0 Å². The quantitative estimate of drug-likeness (QED) is 0.682. The lowest BCUT2D eigenvalue weighted by molar-refractivity contribution is -0.260. The van der Waals surface area contributed by atoms with Gasteiger partial charge in [-0.3, -0.25) is 9.68 Å². The third-order valence-electron chi connectivity index (χ3n) is 3.12. The van der Waals surface area contributed by atoms with Gasteiger partial charge in [-0.25, -0.2) is 0 Å². The highest BCUT2D eigenvalue weighted by Crippen LogP contribution is 2.14. The van der Waals surface area contributed by atoms with Crippen molar-refractivity contribution in [2.75, 3.05) is 54.0 Å². The van der Waals surface area contributed by atoms with Crippen LogP contribution in [0.3, 0.4) is 0 Å². The van der Waals surface area contributed by atoms with Crippen molar-refractivity contribution in [1.82, 2.24) is 10.1 Å². The summed E-state index contributed by atoms with van der Waals surface area (Å²) in [5.74, 6) is 1.57. The predicted molar refractivity (Wildman–Crippen MR) is 72.0 cm³/mol. The molecule has 1 atom stereocenters. The van der Waals surface area contributed by atoms with Gasteiger partial charge < -0.3 is 9.47 Å². The topological polar surface area (TPSA) is 43.4 Å². The summed E-state index contributed by atoms with van der Waals surface area (Å²) in [6.45, 7) is 9.38. The molecule has 2 saturated heterocycles. The van der Waals surface area contributed by atoms with Crippen LogP contribution in [0.25, 0.3) is 0 Å². The zero-order chi connectivity index (χ0) is 14.1. The third-order valence-corrected chi connectivity index (χ3v) is 3.12. The molecule has 0 aliphatic carbocycles. The molecule has 2 aliphatic rings. The first-order valence-electron chi connectivity index (χ1n) is 6.89. The van der Waals surface area contributed by atoms with E-state index < -0.39 is 0 Å². The van der Waals surface area contributed by atoms with Gasteiger partial charge in [0.1, 0.15) is 0 Å². The fraction of sp³-hybridized carbons (Fsp3) is 1.00. The molecule has 114 valence electrons. The largest absolute Gasteiger partial charge is 0.357 e. The number of methoxy groups -OCH3 is 2. The minimum absolute atomic E-state index is 0.382. The Hall–Kier alpha value is -0.240. The Morgan fingerprint density at radius 3 is 1.79 bits per heavy atom. The summed E-state index contributed by atoms with van der Waals surface area (Å²) in [5.41, 5.74) is 0. The van der Waals surface area contributed by atoms with E-state index in [0.717, 1.165) is 38.0 Å². The van der Waals surface area contributed by atoms with E-state index in [1.807, 2.05) is 10.1 Å². The van der Waals surface area contributed by atoms with Crippen molar-refractivity contribution < 1.29 is 19.1 Å². The van der Waals surface area contributed by atoms with E-state index >= 15 is 0 Å². The molecule has 2 fully saturated rings. The van der Waals surface area contributed by atoms with Gasteiger partial charge >= 0.3 is 0 Å². The van der Waals surface area contributed by atoms with Crippen LogP contribution in [0.15, 0.2) is 0 Å². The Balaban J connectivity index is 0.000000191. The van der Waals surface area contributed by atoms with Crippen LogP contribution in [0.1, 0.15) is 20.3 Å². The van der Waals surface area contributed by atoms with Crippen LogP contribution in [0.5, 0.6) is 0 Å². The number of nitrogens with zero attached hydrogens (tertiary/aromatic N) is 2. The van der Waals surface area contributed by atoms with Crippen LogP contribution in [0.2, 0.25) is 0 Å². The summed E-state index contributed by atoms with van der Waals surface area (Å²) in [5, 5.41) is 3.88. The molecule has 0 amide bonds. The minimum Gasteiger partial charge on any atom is -0.357 e. The highest BCUT2D eigenvalue weighted by atomic mass is 16.8. The van der Waals surface area contributed by atoms with Gasteiger partial charge in [0, 0.05) is 40.4 Å². The van der Waals surface area contributed by atoms with Gasteiger partial charge in [-0.2, -0.15) is 10.1 Å². The lowest BCUT2D eigenvalue weighted by atomic mass is 10.1. The fourth-order valence-electron chi connectivity index (χ4n) is 2.01. The first kappa shape index (κ1) is 16.8. The highest BCUT2D eigenvalue weighted by Gasteiger charge is 2.22. The van der Waals surface area contributed by atoms with Crippen LogP contribution < -0.4 is 0 Å². The Morgan fingerprint density at radius 1 is 0.842 bits per heavy atom. The standard InChI is InChI=1S/C7H15NO2.C6H13NO2/c1-7-3-4-8(5-7)10-6-9-2;1-6-3-7(4-6)9-5-8-2/h7H,3-6H2,1-2H3;6H,3-5H2,1-2H3.